The number of halogens is 1. The number of carbonyl (C=O) groups excluding carboxylic acids is 1. The standard InChI is InChI=1S/C27H28ClN5O4S/c1-38(35,36)37-22-12-7-15-32(18-22)27-31-30-25(33(27)17-21-9-3-5-14-24(21)28)26(34)29-16-20-11-6-10-19-8-2-4-13-23(19)20/h2-6,8-11,13-14,22H,7,12,15-18H2,1H3,(H,29,34). The Kier molecular flexibility index (Phi) is 7.64. The molecule has 11 heteroatoms. The molecule has 0 radical (unpaired) electrons. The summed E-state index contributed by atoms with van der Waals surface area (Å²) in [4.78, 5) is 15.3. The zero-order valence-electron chi connectivity index (χ0n) is 20.9. The molecule has 0 aliphatic carbocycles. The van der Waals surface area contributed by atoms with E-state index in [1.54, 1.807) is 10.6 Å². The summed E-state index contributed by atoms with van der Waals surface area (Å²) in [7, 11) is -3.60. The fourth-order valence-electron chi connectivity index (χ4n) is 4.79. The predicted octanol–water partition coefficient (Wildman–Crippen LogP) is 4.01. The second-order valence-electron chi connectivity index (χ2n) is 9.33. The minimum atomic E-state index is -3.60. The number of nitrogens with one attached hydrogen (secondary N) is 1. The summed E-state index contributed by atoms with van der Waals surface area (Å²) in [6.45, 7) is 1.53. The van der Waals surface area contributed by atoms with Gasteiger partial charge in [0.05, 0.1) is 18.9 Å². The highest BCUT2D eigenvalue weighted by molar-refractivity contribution is 7.86. The van der Waals surface area contributed by atoms with E-state index in [0.717, 1.165) is 28.2 Å². The van der Waals surface area contributed by atoms with E-state index in [4.69, 9.17) is 15.8 Å². The number of carbonyl (C=O) groups is 1. The lowest BCUT2D eigenvalue weighted by Crippen LogP contribution is -2.42. The van der Waals surface area contributed by atoms with Crippen LogP contribution in [0, 0.1) is 0 Å². The Morgan fingerprint density at radius 2 is 1.79 bits per heavy atom. The minimum absolute atomic E-state index is 0.145. The zero-order valence-corrected chi connectivity index (χ0v) is 22.5. The van der Waals surface area contributed by atoms with Gasteiger partial charge in [-0.2, -0.15) is 8.42 Å². The molecule has 38 heavy (non-hydrogen) atoms. The van der Waals surface area contributed by atoms with E-state index in [2.05, 4.69) is 15.5 Å². The number of hydrogen-bond donors (Lipinski definition) is 1. The Balaban J connectivity index is 1.43. The number of fused-ring (bicyclic) bond motifs is 1. The largest absolute Gasteiger partial charge is 0.345 e. The lowest BCUT2D eigenvalue weighted by molar-refractivity contribution is 0.0936. The van der Waals surface area contributed by atoms with Crippen molar-refractivity contribution in [2.45, 2.75) is 32.0 Å². The molecule has 0 bridgehead atoms. The van der Waals surface area contributed by atoms with Crippen molar-refractivity contribution in [2.24, 2.45) is 0 Å². The van der Waals surface area contributed by atoms with Crippen LogP contribution in [0.5, 0.6) is 0 Å². The van der Waals surface area contributed by atoms with Crippen molar-refractivity contribution in [1.29, 1.82) is 0 Å². The van der Waals surface area contributed by atoms with Crippen molar-refractivity contribution in [3.63, 3.8) is 0 Å². The van der Waals surface area contributed by atoms with Crippen LogP contribution in [-0.2, 0) is 27.4 Å². The molecule has 1 fully saturated rings. The third-order valence-corrected chi connectivity index (χ3v) is 7.50. The molecule has 1 aliphatic heterocycles. The molecule has 198 valence electrons. The van der Waals surface area contributed by atoms with Crippen molar-refractivity contribution < 1.29 is 17.4 Å². The van der Waals surface area contributed by atoms with Gasteiger partial charge in [0.1, 0.15) is 0 Å². The number of benzene rings is 3. The average molecular weight is 554 g/mol. The molecule has 3 aromatic carbocycles. The van der Waals surface area contributed by atoms with Gasteiger partial charge in [0.2, 0.25) is 11.8 Å². The SMILES string of the molecule is CS(=O)(=O)OC1CCCN(c2nnc(C(=O)NCc3cccc4ccccc34)n2Cc2ccccc2Cl)C1. The molecule has 1 aromatic heterocycles. The molecule has 1 amide bonds. The van der Waals surface area contributed by atoms with E-state index in [0.29, 0.717) is 43.4 Å². The molecule has 1 N–H and O–H groups in total. The third-order valence-electron chi connectivity index (χ3n) is 6.51. The van der Waals surface area contributed by atoms with Crippen LogP contribution < -0.4 is 10.2 Å². The zero-order chi connectivity index (χ0) is 26.7. The first-order valence-corrected chi connectivity index (χ1v) is 14.5. The van der Waals surface area contributed by atoms with E-state index >= 15 is 0 Å². The number of hydrogen-bond acceptors (Lipinski definition) is 7. The maximum atomic E-state index is 13.4. The summed E-state index contributed by atoms with van der Waals surface area (Å²) < 4.78 is 30.4. The minimum Gasteiger partial charge on any atom is -0.345 e. The molecule has 1 atom stereocenters. The Labute approximate surface area is 226 Å². The lowest BCUT2D eigenvalue weighted by Gasteiger charge is -2.32. The van der Waals surface area contributed by atoms with Gasteiger partial charge in [0.15, 0.2) is 0 Å². The first kappa shape index (κ1) is 26.1. The van der Waals surface area contributed by atoms with Crippen molar-refractivity contribution >= 4 is 44.3 Å². The van der Waals surface area contributed by atoms with Gasteiger partial charge in [-0.3, -0.25) is 13.5 Å². The third kappa shape index (κ3) is 5.98. The van der Waals surface area contributed by atoms with Gasteiger partial charge in [-0.25, -0.2) is 0 Å². The number of nitrogens with zero attached hydrogens (tertiary/aromatic N) is 4. The Bertz CT molecular complexity index is 1570. The fourth-order valence-corrected chi connectivity index (χ4v) is 5.63. The molecule has 1 saturated heterocycles. The van der Waals surface area contributed by atoms with Crippen LogP contribution in [0.2, 0.25) is 5.02 Å². The monoisotopic (exact) mass is 553 g/mol. The molecular formula is C27H28ClN5O4S. The topological polar surface area (TPSA) is 106 Å². The van der Waals surface area contributed by atoms with Crippen LogP contribution in [0.1, 0.15) is 34.6 Å². The van der Waals surface area contributed by atoms with Gasteiger partial charge in [0, 0.05) is 24.7 Å². The van der Waals surface area contributed by atoms with E-state index in [9.17, 15) is 13.2 Å². The van der Waals surface area contributed by atoms with Gasteiger partial charge in [0.25, 0.3) is 16.0 Å². The maximum absolute atomic E-state index is 13.4. The van der Waals surface area contributed by atoms with Crippen molar-refractivity contribution in [3.05, 3.63) is 88.7 Å². The molecule has 5 rings (SSSR count). The van der Waals surface area contributed by atoms with E-state index < -0.39 is 16.2 Å². The normalized spacial score (nSPS) is 16.1. The van der Waals surface area contributed by atoms with E-state index in [1.165, 1.54) is 0 Å². The van der Waals surface area contributed by atoms with Gasteiger partial charge in [-0.05, 0) is 40.8 Å². The van der Waals surface area contributed by atoms with Crippen LogP contribution >= 0.6 is 11.6 Å². The summed E-state index contributed by atoms with van der Waals surface area (Å²) in [5.74, 6) is 0.234. The second kappa shape index (κ2) is 11.1. The first-order valence-electron chi connectivity index (χ1n) is 12.3. The summed E-state index contributed by atoms with van der Waals surface area (Å²) in [6, 6.07) is 21.4. The summed E-state index contributed by atoms with van der Waals surface area (Å²) >= 11 is 6.45. The lowest BCUT2D eigenvalue weighted by atomic mass is 10.0. The highest BCUT2D eigenvalue weighted by Gasteiger charge is 2.29. The number of amides is 1. The second-order valence-corrected chi connectivity index (χ2v) is 11.3. The number of piperidine rings is 1. The predicted molar refractivity (Wildman–Crippen MR) is 147 cm³/mol. The summed E-state index contributed by atoms with van der Waals surface area (Å²) in [5.41, 5.74) is 1.80. The van der Waals surface area contributed by atoms with Gasteiger partial charge < -0.3 is 10.2 Å². The average Bonchev–Trinajstić information content (AvgIpc) is 3.31. The van der Waals surface area contributed by atoms with Crippen molar-refractivity contribution in [3.8, 4) is 0 Å². The van der Waals surface area contributed by atoms with Crippen LogP contribution in [-0.4, -0.2) is 54.5 Å². The van der Waals surface area contributed by atoms with Crippen LogP contribution in [0.4, 0.5) is 5.95 Å². The van der Waals surface area contributed by atoms with Crippen molar-refractivity contribution in [1.82, 2.24) is 20.1 Å². The molecule has 2 heterocycles. The first-order chi connectivity index (χ1) is 18.3. The Morgan fingerprint density at radius 3 is 2.61 bits per heavy atom. The Hall–Kier alpha value is -3.47. The van der Waals surface area contributed by atoms with Gasteiger partial charge in [-0.1, -0.05) is 72.3 Å². The van der Waals surface area contributed by atoms with Gasteiger partial charge in [-0.15, -0.1) is 10.2 Å². The van der Waals surface area contributed by atoms with Crippen LogP contribution in [0.25, 0.3) is 10.8 Å². The molecule has 4 aromatic rings. The summed E-state index contributed by atoms with van der Waals surface area (Å²) in [5, 5.41) is 14.3. The summed E-state index contributed by atoms with van der Waals surface area (Å²) in [6.07, 6.45) is 1.86. The fraction of sp³-hybridized carbons (Fsp3) is 0.296. The molecule has 1 aliphatic rings. The number of aromatic nitrogens is 3. The van der Waals surface area contributed by atoms with Crippen LogP contribution in [0.15, 0.2) is 66.7 Å². The number of anilines is 1. The quantitative estimate of drug-likeness (QED) is 0.329. The van der Waals surface area contributed by atoms with E-state index in [-0.39, 0.29) is 18.3 Å². The van der Waals surface area contributed by atoms with Crippen LogP contribution in [0.3, 0.4) is 0 Å². The maximum Gasteiger partial charge on any atom is 0.289 e. The smallest absolute Gasteiger partial charge is 0.289 e. The Morgan fingerprint density at radius 1 is 1.05 bits per heavy atom. The number of rotatable bonds is 8. The molecule has 0 saturated carbocycles. The highest BCUT2D eigenvalue weighted by Crippen LogP contribution is 2.25. The highest BCUT2D eigenvalue weighted by atomic mass is 35.5. The molecule has 9 nitrogen and oxygen atoms in total. The van der Waals surface area contributed by atoms with E-state index in [1.807, 2.05) is 65.6 Å². The molecular weight excluding hydrogens is 526 g/mol. The van der Waals surface area contributed by atoms with Crippen molar-refractivity contribution in [2.75, 3.05) is 24.2 Å². The molecule has 0 spiro atoms. The van der Waals surface area contributed by atoms with Gasteiger partial charge >= 0.3 is 0 Å². The molecule has 1 unspecified atom stereocenters.